The molecule has 1 atom stereocenters. The van der Waals surface area contributed by atoms with Gasteiger partial charge in [-0.15, -0.1) is 0 Å². The van der Waals surface area contributed by atoms with E-state index in [-0.39, 0.29) is 58.8 Å². The van der Waals surface area contributed by atoms with Gasteiger partial charge in [-0.05, 0) is 75.0 Å². The zero-order valence-corrected chi connectivity index (χ0v) is 25.5. The van der Waals surface area contributed by atoms with E-state index in [4.69, 9.17) is 8.85 Å². The first-order valence-electron chi connectivity index (χ1n) is 16.9. The number of halogens is 2. The van der Waals surface area contributed by atoms with Gasteiger partial charge in [-0.2, -0.15) is 0 Å². The monoisotopic (exact) mass is 632 g/mol. The second-order valence-electron chi connectivity index (χ2n) is 12.4. The Labute approximate surface area is 261 Å². The number of sulfone groups is 1. The summed E-state index contributed by atoms with van der Waals surface area (Å²) in [5.74, 6) is -3.53. The predicted octanol–water partition coefficient (Wildman–Crippen LogP) is 4.87. The van der Waals surface area contributed by atoms with Crippen LogP contribution in [0.2, 0.25) is 0 Å². The van der Waals surface area contributed by atoms with E-state index in [0.29, 0.717) is 62.2 Å². The second-order valence-corrected chi connectivity index (χ2v) is 14.7. The number of aromatic nitrogens is 3. The molecule has 4 aliphatic heterocycles. The molecule has 4 aliphatic rings. The van der Waals surface area contributed by atoms with Gasteiger partial charge in [-0.3, -0.25) is 9.36 Å². The van der Waals surface area contributed by atoms with E-state index in [1.165, 1.54) is 35.2 Å². The Hall–Kier alpha value is -2.96. The largest absolute Gasteiger partial charge is 0.381 e. The lowest BCUT2D eigenvalue weighted by Gasteiger charge is -2.41. The number of rotatable bonds is 1. The fraction of sp³-hybridized carbons (Fsp3) is 0.594. The molecule has 9 nitrogen and oxygen atoms in total. The van der Waals surface area contributed by atoms with E-state index >= 15 is 8.78 Å². The van der Waals surface area contributed by atoms with Gasteiger partial charge in [0.2, 0.25) is 0 Å². The average Bonchev–Trinajstić information content (AvgIpc) is 2.99. The minimum atomic E-state index is -3.18. The summed E-state index contributed by atoms with van der Waals surface area (Å²) in [6.07, 6.45) is 3.75. The molecule has 0 amide bonds. The molecule has 0 aliphatic carbocycles. The van der Waals surface area contributed by atoms with Crippen molar-refractivity contribution < 1.29 is 26.0 Å². The van der Waals surface area contributed by atoms with Crippen LogP contribution < -0.4 is 10.9 Å². The minimum absolute atomic E-state index is 0.0278. The van der Waals surface area contributed by atoms with Crippen molar-refractivity contribution in [1.29, 1.82) is 0 Å². The second kappa shape index (κ2) is 12.8. The number of pyridine rings is 1. The van der Waals surface area contributed by atoms with Gasteiger partial charge in [0.15, 0.2) is 0 Å². The van der Waals surface area contributed by atoms with Crippen molar-refractivity contribution in [3.8, 4) is 0 Å². The maximum atomic E-state index is 15.6. The molecule has 1 aromatic carbocycles. The number of benzene rings is 1. The average molecular weight is 633 g/mol. The van der Waals surface area contributed by atoms with Crippen LogP contribution in [-0.2, 0) is 27.0 Å². The Balaban J connectivity index is 1.42. The molecular weight excluding hydrogens is 588 g/mol. The summed E-state index contributed by atoms with van der Waals surface area (Å²) in [7, 11) is -3.18. The van der Waals surface area contributed by atoms with Crippen LogP contribution in [0.5, 0.6) is 0 Å². The molecule has 0 spiro atoms. The number of hydrogen-bond acceptors (Lipinski definition) is 8. The van der Waals surface area contributed by atoms with Crippen molar-refractivity contribution >= 4 is 26.7 Å². The van der Waals surface area contributed by atoms with E-state index < -0.39 is 28.7 Å². The molecule has 0 radical (unpaired) electrons. The maximum Gasteiger partial charge on any atom is 0.273 e. The highest BCUT2D eigenvalue weighted by molar-refractivity contribution is 7.91. The van der Waals surface area contributed by atoms with E-state index in [1.54, 1.807) is 6.07 Å². The Morgan fingerprint density at radius 2 is 1.86 bits per heavy atom. The molecule has 1 N–H and O–H groups in total. The summed E-state index contributed by atoms with van der Waals surface area (Å²) in [5, 5.41) is 3.40. The first-order valence-corrected chi connectivity index (χ1v) is 17.3. The number of ether oxygens (including phenoxy) is 1. The Morgan fingerprint density at radius 1 is 1.07 bits per heavy atom. The molecule has 0 unspecified atom stereocenters. The van der Waals surface area contributed by atoms with Crippen LogP contribution in [0.4, 0.5) is 14.6 Å². The number of nitrogens with one attached hydrogen (secondary N) is 1. The lowest BCUT2D eigenvalue weighted by Crippen LogP contribution is -2.48. The number of alkyl halides is 2. The Bertz CT molecular complexity index is 1750. The first kappa shape index (κ1) is 27.4. The predicted molar refractivity (Wildman–Crippen MR) is 166 cm³/mol. The summed E-state index contributed by atoms with van der Waals surface area (Å²) in [5.41, 5.74) is 0.353. The van der Waals surface area contributed by atoms with Gasteiger partial charge in [0.1, 0.15) is 27.6 Å². The zero-order chi connectivity index (χ0) is 33.4. The van der Waals surface area contributed by atoms with Crippen LogP contribution in [0.25, 0.3) is 11.0 Å². The van der Waals surface area contributed by atoms with E-state index in [0.717, 1.165) is 19.4 Å². The molecule has 6 heterocycles. The fourth-order valence-corrected chi connectivity index (χ4v) is 8.11. The highest BCUT2D eigenvalue weighted by Crippen LogP contribution is 2.39. The number of hydrogen-bond donors (Lipinski definition) is 1. The van der Waals surface area contributed by atoms with Gasteiger partial charge >= 0.3 is 0 Å². The van der Waals surface area contributed by atoms with Crippen molar-refractivity contribution in [3.63, 3.8) is 0 Å². The Kier molecular flexibility index (Phi) is 7.96. The normalized spacial score (nSPS) is 27.9. The third-order valence-electron chi connectivity index (χ3n) is 9.09. The number of aryl methyl sites for hydroxylation is 1. The van der Waals surface area contributed by atoms with Gasteiger partial charge < -0.3 is 15.0 Å². The van der Waals surface area contributed by atoms with Crippen molar-refractivity contribution in [2.45, 2.75) is 69.8 Å². The van der Waals surface area contributed by atoms with Crippen LogP contribution in [-0.4, -0.2) is 72.2 Å². The highest BCUT2D eigenvalue weighted by atomic mass is 32.2. The molecule has 238 valence electrons. The highest BCUT2D eigenvalue weighted by Gasteiger charge is 2.39. The van der Waals surface area contributed by atoms with Crippen LogP contribution in [0, 0.1) is 5.92 Å². The minimum Gasteiger partial charge on any atom is -0.381 e. The lowest BCUT2D eigenvalue weighted by molar-refractivity contribution is -0.0570. The standard InChI is InChI=1S/C32H41F2N5O4S/c1-22-25-6-4-7-26(16-25)32(33,34)18-23-19-38(20-23)10-2-3-12-43-13-5-11-39-30-28(29(37-22)35-21-36-30)17-27(31(39)40)24-8-14-44(41,42)15-9-24/h4,6-7,16-17,21-24H,2-3,5,8-15,18-20H2,1H3,(H,35,36,37)/t22-/m1/s1/i1D3. The van der Waals surface area contributed by atoms with Gasteiger partial charge in [0, 0.05) is 60.5 Å². The summed E-state index contributed by atoms with van der Waals surface area (Å²) >= 11 is 0. The molecule has 3 aromatic rings. The molecule has 0 saturated carbocycles. The van der Waals surface area contributed by atoms with Crippen LogP contribution >= 0.6 is 0 Å². The van der Waals surface area contributed by atoms with Gasteiger partial charge in [0.05, 0.1) is 16.9 Å². The maximum absolute atomic E-state index is 15.6. The topological polar surface area (TPSA) is 106 Å². The quantitative estimate of drug-likeness (QED) is 0.405. The molecular formula is C32H41F2N5O4S. The lowest BCUT2D eigenvalue weighted by atomic mass is 9.89. The van der Waals surface area contributed by atoms with Crippen LogP contribution in [0.3, 0.4) is 0 Å². The summed E-state index contributed by atoms with van der Waals surface area (Å²) < 4.78 is 88.0. The number of fused-ring (bicyclic) bond motifs is 9. The third-order valence-corrected chi connectivity index (χ3v) is 10.8. The van der Waals surface area contributed by atoms with Crippen molar-refractivity contribution in [2.24, 2.45) is 5.92 Å². The van der Waals surface area contributed by atoms with Crippen LogP contribution in [0.15, 0.2) is 41.5 Å². The molecule has 12 heteroatoms. The zero-order valence-electron chi connectivity index (χ0n) is 27.7. The third kappa shape index (κ3) is 6.82. The molecule has 7 rings (SSSR count). The van der Waals surface area contributed by atoms with E-state index in [2.05, 4.69) is 20.2 Å². The SMILES string of the molecule is [2H]C([2H])([2H])[C@H]1Nc2ncnc3c2cc(C2CCS(=O)(=O)CC2)c(=O)n3CCCOCCCCN2CC(C2)CC(F)(F)c2cccc1c2. The van der Waals surface area contributed by atoms with Crippen molar-refractivity contribution in [1.82, 2.24) is 19.4 Å². The van der Waals surface area contributed by atoms with Gasteiger partial charge in [-0.25, -0.2) is 27.2 Å². The molecule has 44 heavy (non-hydrogen) atoms. The molecule has 2 saturated heterocycles. The van der Waals surface area contributed by atoms with E-state index in [1.807, 2.05) is 0 Å². The smallest absolute Gasteiger partial charge is 0.273 e. The van der Waals surface area contributed by atoms with Crippen LogP contribution in [0.1, 0.15) is 78.1 Å². The molecule has 8 bridgehead atoms. The number of anilines is 1. The van der Waals surface area contributed by atoms with Crippen molar-refractivity contribution in [3.05, 3.63) is 63.7 Å². The first-order chi connectivity index (χ1) is 22.3. The summed E-state index contributed by atoms with van der Waals surface area (Å²) in [6.45, 7) is 0.596. The van der Waals surface area contributed by atoms with Gasteiger partial charge in [-0.1, -0.05) is 18.2 Å². The van der Waals surface area contributed by atoms with Crippen molar-refractivity contribution in [2.75, 3.05) is 49.7 Å². The van der Waals surface area contributed by atoms with Gasteiger partial charge in [0.25, 0.3) is 11.5 Å². The number of nitrogens with zero attached hydrogens (tertiary/aromatic N) is 4. The summed E-state index contributed by atoms with van der Waals surface area (Å²) in [4.78, 5) is 24.9. The fourth-order valence-electron chi connectivity index (χ4n) is 6.62. The van der Waals surface area contributed by atoms with E-state index in [9.17, 15) is 13.2 Å². The summed E-state index contributed by atoms with van der Waals surface area (Å²) in [6, 6.07) is 5.81. The Morgan fingerprint density at radius 3 is 2.66 bits per heavy atom. The molecule has 2 fully saturated rings. The molecule has 2 aromatic heterocycles.